The second-order valence-electron chi connectivity index (χ2n) is 4.60. The van der Waals surface area contributed by atoms with Gasteiger partial charge in [-0.15, -0.1) is 0 Å². The highest BCUT2D eigenvalue weighted by Crippen LogP contribution is 2.19. The molecule has 0 amide bonds. The van der Waals surface area contributed by atoms with Crippen LogP contribution in [0.3, 0.4) is 0 Å². The minimum Gasteiger partial charge on any atom is -0.489 e. The molecule has 2 nitrogen and oxygen atoms in total. The van der Waals surface area contributed by atoms with Crippen molar-refractivity contribution in [1.29, 1.82) is 0 Å². The lowest BCUT2D eigenvalue weighted by Gasteiger charge is -2.12. The first-order valence-corrected chi connectivity index (χ1v) is 6.44. The van der Waals surface area contributed by atoms with Crippen molar-refractivity contribution in [2.24, 2.45) is 0 Å². The average molecular weight is 277 g/mol. The summed E-state index contributed by atoms with van der Waals surface area (Å²) in [7, 11) is 1.89. The molecule has 0 saturated carbocycles. The van der Waals surface area contributed by atoms with E-state index in [4.69, 9.17) is 4.74 Å². The van der Waals surface area contributed by atoms with Crippen LogP contribution in [0.5, 0.6) is 5.75 Å². The van der Waals surface area contributed by atoms with Gasteiger partial charge in [0.1, 0.15) is 24.0 Å². The van der Waals surface area contributed by atoms with E-state index in [1.807, 2.05) is 31.3 Å². The summed E-state index contributed by atoms with van der Waals surface area (Å²) in [6, 6.07) is 11.1. The van der Waals surface area contributed by atoms with Crippen LogP contribution in [0, 0.1) is 11.6 Å². The zero-order valence-electron chi connectivity index (χ0n) is 11.5. The largest absolute Gasteiger partial charge is 0.489 e. The van der Waals surface area contributed by atoms with Crippen LogP contribution >= 0.6 is 0 Å². The number of benzene rings is 2. The summed E-state index contributed by atoms with van der Waals surface area (Å²) < 4.78 is 31.9. The van der Waals surface area contributed by atoms with Gasteiger partial charge < -0.3 is 10.1 Å². The Morgan fingerprint density at radius 2 is 1.80 bits per heavy atom. The van der Waals surface area contributed by atoms with Gasteiger partial charge in [0.2, 0.25) is 0 Å². The summed E-state index contributed by atoms with van der Waals surface area (Å²) in [4.78, 5) is 0. The fourth-order valence-corrected chi connectivity index (χ4v) is 1.83. The standard InChI is InChI=1S/C16H17F2NO/c1-11(19-2)12-3-6-15(7-4-12)20-10-13-9-14(17)5-8-16(13)18/h3-9,11,19H,10H2,1-2H3. The first-order chi connectivity index (χ1) is 9.60. The Morgan fingerprint density at radius 1 is 1.10 bits per heavy atom. The first kappa shape index (κ1) is 14.5. The van der Waals surface area contributed by atoms with Crippen molar-refractivity contribution in [3.63, 3.8) is 0 Å². The van der Waals surface area contributed by atoms with Crippen LogP contribution in [0.1, 0.15) is 24.1 Å². The second-order valence-corrected chi connectivity index (χ2v) is 4.60. The molecule has 2 aromatic rings. The van der Waals surface area contributed by atoms with E-state index in [2.05, 4.69) is 12.2 Å². The fraction of sp³-hybridized carbons (Fsp3) is 0.250. The average Bonchev–Trinajstić information content (AvgIpc) is 2.48. The summed E-state index contributed by atoms with van der Waals surface area (Å²) in [5.74, 6) is -0.310. The van der Waals surface area contributed by atoms with Crippen LogP contribution in [0.2, 0.25) is 0 Å². The lowest BCUT2D eigenvalue weighted by atomic mass is 10.1. The highest BCUT2D eigenvalue weighted by atomic mass is 19.1. The Labute approximate surface area is 117 Å². The summed E-state index contributed by atoms with van der Waals surface area (Å²) >= 11 is 0. The number of nitrogens with one attached hydrogen (secondary N) is 1. The molecule has 0 aromatic heterocycles. The molecule has 20 heavy (non-hydrogen) atoms. The van der Waals surface area contributed by atoms with Crippen LogP contribution in [-0.2, 0) is 6.61 Å². The summed E-state index contributed by atoms with van der Waals surface area (Å²) in [6.45, 7) is 2.06. The molecule has 0 radical (unpaired) electrons. The molecule has 1 N–H and O–H groups in total. The topological polar surface area (TPSA) is 21.3 Å². The third-order valence-corrected chi connectivity index (χ3v) is 3.22. The van der Waals surface area contributed by atoms with Gasteiger partial charge in [-0.1, -0.05) is 12.1 Å². The number of rotatable bonds is 5. The smallest absolute Gasteiger partial charge is 0.130 e. The predicted molar refractivity (Wildman–Crippen MR) is 74.6 cm³/mol. The van der Waals surface area contributed by atoms with Crippen molar-refractivity contribution in [3.8, 4) is 5.75 Å². The van der Waals surface area contributed by atoms with Crippen LogP contribution in [0.15, 0.2) is 42.5 Å². The minimum absolute atomic E-state index is 0.00449. The third-order valence-electron chi connectivity index (χ3n) is 3.22. The highest BCUT2D eigenvalue weighted by molar-refractivity contribution is 5.29. The van der Waals surface area contributed by atoms with E-state index in [1.54, 1.807) is 0 Å². The number of ether oxygens (including phenoxy) is 1. The molecule has 0 bridgehead atoms. The summed E-state index contributed by atoms with van der Waals surface area (Å²) in [5, 5.41) is 3.14. The number of hydrogen-bond donors (Lipinski definition) is 1. The molecule has 2 rings (SSSR count). The van der Waals surface area contributed by atoms with Gasteiger partial charge in [0.15, 0.2) is 0 Å². The van der Waals surface area contributed by atoms with E-state index in [0.29, 0.717) is 5.75 Å². The van der Waals surface area contributed by atoms with Crippen molar-refractivity contribution in [3.05, 3.63) is 65.2 Å². The Kier molecular flexibility index (Phi) is 4.69. The van der Waals surface area contributed by atoms with Crippen LogP contribution in [-0.4, -0.2) is 7.05 Å². The first-order valence-electron chi connectivity index (χ1n) is 6.44. The van der Waals surface area contributed by atoms with Crippen LogP contribution in [0.25, 0.3) is 0 Å². The normalized spacial score (nSPS) is 12.2. The van der Waals surface area contributed by atoms with Crippen molar-refractivity contribution in [2.45, 2.75) is 19.6 Å². The molecular weight excluding hydrogens is 260 g/mol. The Hall–Kier alpha value is -1.94. The van der Waals surface area contributed by atoms with Gasteiger partial charge >= 0.3 is 0 Å². The molecule has 1 unspecified atom stereocenters. The Bertz CT molecular complexity index is 569. The van der Waals surface area contributed by atoms with E-state index in [1.165, 1.54) is 0 Å². The molecule has 4 heteroatoms. The SMILES string of the molecule is CNC(C)c1ccc(OCc2cc(F)ccc2F)cc1. The van der Waals surface area contributed by atoms with Crippen LogP contribution < -0.4 is 10.1 Å². The van der Waals surface area contributed by atoms with Gasteiger partial charge in [0, 0.05) is 11.6 Å². The summed E-state index contributed by atoms with van der Waals surface area (Å²) in [5.41, 5.74) is 1.34. The molecule has 0 heterocycles. The molecular formula is C16H17F2NO. The van der Waals surface area contributed by atoms with Gasteiger partial charge in [-0.25, -0.2) is 8.78 Å². The maximum Gasteiger partial charge on any atom is 0.130 e. The van der Waals surface area contributed by atoms with Crippen LogP contribution in [0.4, 0.5) is 8.78 Å². The third kappa shape index (κ3) is 3.54. The minimum atomic E-state index is -0.469. The van der Waals surface area contributed by atoms with Gasteiger partial charge in [-0.2, -0.15) is 0 Å². The van der Waals surface area contributed by atoms with Gasteiger partial charge in [-0.05, 0) is 49.9 Å². The van der Waals surface area contributed by atoms with E-state index in [0.717, 1.165) is 23.8 Å². The highest BCUT2D eigenvalue weighted by Gasteiger charge is 2.06. The van der Waals surface area contributed by atoms with Gasteiger partial charge in [-0.3, -0.25) is 0 Å². The molecule has 106 valence electrons. The van der Waals surface area contributed by atoms with E-state index in [9.17, 15) is 8.78 Å². The lowest BCUT2D eigenvalue weighted by molar-refractivity contribution is 0.299. The second kappa shape index (κ2) is 6.48. The quantitative estimate of drug-likeness (QED) is 0.897. The molecule has 0 aliphatic carbocycles. The molecule has 0 aliphatic heterocycles. The van der Waals surface area contributed by atoms with E-state index >= 15 is 0 Å². The molecule has 0 spiro atoms. The number of hydrogen-bond acceptors (Lipinski definition) is 2. The van der Waals surface area contributed by atoms with Crippen molar-refractivity contribution in [1.82, 2.24) is 5.32 Å². The molecule has 0 saturated heterocycles. The summed E-state index contributed by atoms with van der Waals surface area (Å²) in [6.07, 6.45) is 0. The van der Waals surface area contributed by atoms with E-state index < -0.39 is 11.6 Å². The Balaban J connectivity index is 2.02. The van der Waals surface area contributed by atoms with Crippen molar-refractivity contribution < 1.29 is 13.5 Å². The molecule has 2 aromatic carbocycles. The maximum absolute atomic E-state index is 13.4. The monoisotopic (exact) mass is 277 g/mol. The van der Waals surface area contributed by atoms with Crippen molar-refractivity contribution in [2.75, 3.05) is 7.05 Å². The molecule has 0 fully saturated rings. The Morgan fingerprint density at radius 3 is 2.45 bits per heavy atom. The molecule has 1 atom stereocenters. The lowest BCUT2D eigenvalue weighted by Crippen LogP contribution is -2.11. The predicted octanol–water partition coefficient (Wildman–Crippen LogP) is 3.82. The van der Waals surface area contributed by atoms with E-state index in [-0.39, 0.29) is 18.2 Å². The zero-order chi connectivity index (χ0) is 14.5. The van der Waals surface area contributed by atoms with Gasteiger partial charge in [0.25, 0.3) is 0 Å². The van der Waals surface area contributed by atoms with Crippen molar-refractivity contribution >= 4 is 0 Å². The number of halogens is 2. The fourth-order valence-electron chi connectivity index (χ4n) is 1.83. The van der Waals surface area contributed by atoms with Gasteiger partial charge in [0.05, 0.1) is 0 Å². The zero-order valence-corrected chi connectivity index (χ0v) is 11.5. The maximum atomic E-state index is 13.4. The molecule has 0 aliphatic rings.